The van der Waals surface area contributed by atoms with E-state index in [1.54, 1.807) is 0 Å². The molecule has 0 heterocycles. The molecule has 0 aliphatic heterocycles. The Kier molecular flexibility index (Phi) is 5.19. The summed E-state index contributed by atoms with van der Waals surface area (Å²) in [6.45, 7) is 5.96. The first-order chi connectivity index (χ1) is 8.04. The van der Waals surface area contributed by atoms with Crippen molar-refractivity contribution in [1.29, 1.82) is 0 Å². The quantitative estimate of drug-likeness (QED) is 0.451. The van der Waals surface area contributed by atoms with Gasteiger partial charge < -0.3 is 4.90 Å². The summed E-state index contributed by atoms with van der Waals surface area (Å²) < 4.78 is 0. The van der Waals surface area contributed by atoms with Crippen LogP contribution in [-0.2, 0) is 0 Å². The number of nitrogens with one attached hydrogen (secondary N) is 1. The van der Waals surface area contributed by atoms with Gasteiger partial charge in [-0.3, -0.25) is 11.3 Å². The van der Waals surface area contributed by atoms with Crippen molar-refractivity contribution in [2.45, 2.75) is 25.8 Å². The van der Waals surface area contributed by atoms with Crippen molar-refractivity contribution in [2.75, 3.05) is 19.0 Å². The summed E-state index contributed by atoms with van der Waals surface area (Å²) in [5.74, 6) is 5.60. The number of benzene rings is 1. The molecular weight excluding hydrogens is 210 g/mol. The van der Waals surface area contributed by atoms with Crippen LogP contribution in [0, 0.1) is 0 Å². The average molecular weight is 233 g/mol. The van der Waals surface area contributed by atoms with Crippen LogP contribution in [0.15, 0.2) is 36.4 Å². The van der Waals surface area contributed by atoms with Crippen LogP contribution in [0.3, 0.4) is 0 Å². The Morgan fingerprint density at radius 2 is 1.94 bits per heavy atom. The van der Waals surface area contributed by atoms with E-state index >= 15 is 0 Å². The van der Waals surface area contributed by atoms with Gasteiger partial charge in [-0.25, -0.2) is 0 Å². The second kappa shape index (κ2) is 6.42. The molecule has 3 heteroatoms. The summed E-state index contributed by atoms with van der Waals surface area (Å²) in [7, 11) is 4.07. The zero-order chi connectivity index (χ0) is 12.8. The minimum Gasteiger partial charge on any atom is -0.378 e. The molecule has 0 bridgehead atoms. The Morgan fingerprint density at radius 3 is 2.35 bits per heavy atom. The van der Waals surface area contributed by atoms with Crippen LogP contribution in [0.25, 0.3) is 0 Å². The summed E-state index contributed by atoms with van der Waals surface area (Å²) in [4.78, 5) is 2.09. The minimum atomic E-state index is 0.197. The van der Waals surface area contributed by atoms with Crippen molar-refractivity contribution < 1.29 is 0 Å². The Labute approximate surface area is 104 Å². The first-order valence-electron chi connectivity index (χ1n) is 5.92. The molecule has 94 valence electrons. The maximum Gasteiger partial charge on any atom is 0.0463 e. The van der Waals surface area contributed by atoms with Crippen molar-refractivity contribution in [3.63, 3.8) is 0 Å². The third-order valence-corrected chi connectivity index (χ3v) is 2.87. The summed E-state index contributed by atoms with van der Waals surface area (Å²) in [5, 5.41) is 0. The van der Waals surface area contributed by atoms with Gasteiger partial charge in [0.25, 0.3) is 0 Å². The highest BCUT2D eigenvalue weighted by Crippen LogP contribution is 2.22. The molecular formula is C14H23N3. The van der Waals surface area contributed by atoms with E-state index in [2.05, 4.69) is 41.2 Å². The molecule has 0 aromatic heterocycles. The Balaban J connectivity index is 2.71. The fraction of sp³-hybridized carbons (Fsp3) is 0.429. The second-order valence-corrected chi connectivity index (χ2v) is 4.70. The molecule has 1 unspecified atom stereocenters. The van der Waals surface area contributed by atoms with Crippen LogP contribution >= 0.6 is 0 Å². The highest BCUT2D eigenvalue weighted by Gasteiger charge is 2.09. The smallest absolute Gasteiger partial charge is 0.0463 e. The third-order valence-electron chi connectivity index (χ3n) is 2.87. The fourth-order valence-electron chi connectivity index (χ4n) is 1.74. The van der Waals surface area contributed by atoms with Crippen LogP contribution in [0.4, 0.5) is 5.69 Å². The molecule has 0 aliphatic carbocycles. The van der Waals surface area contributed by atoms with Gasteiger partial charge in [-0.1, -0.05) is 17.7 Å². The van der Waals surface area contributed by atoms with Crippen LogP contribution in [0.1, 0.15) is 31.4 Å². The number of nitrogens with two attached hydrogens (primary N) is 1. The SMILES string of the molecule is C=C(C)CCC(NN)c1ccc(N(C)C)cc1. The number of nitrogens with zero attached hydrogens (tertiary/aromatic N) is 1. The largest absolute Gasteiger partial charge is 0.378 e. The number of hydrogen-bond donors (Lipinski definition) is 2. The molecule has 1 rings (SSSR count). The molecule has 3 nitrogen and oxygen atoms in total. The van der Waals surface area contributed by atoms with E-state index in [-0.39, 0.29) is 6.04 Å². The molecule has 17 heavy (non-hydrogen) atoms. The van der Waals surface area contributed by atoms with E-state index in [1.165, 1.54) is 16.8 Å². The summed E-state index contributed by atoms with van der Waals surface area (Å²) in [6.07, 6.45) is 1.97. The molecule has 0 saturated heterocycles. The van der Waals surface area contributed by atoms with Gasteiger partial charge in [0.1, 0.15) is 0 Å². The number of rotatable bonds is 6. The predicted molar refractivity (Wildman–Crippen MR) is 74.9 cm³/mol. The molecule has 0 aliphatic rings. The van der Waals surface area contributed by atoms with Gasteiger partial charge in [0.15, 0.2) is 0 Å². The normalized spacial score (nSPS) is 12.2. The predicted octanol–water partition coefficient (Wildman–Crippen LogP) is 2.61. The van der Waals surface area contributed by atoms with Gasteiger partial charge in [-0.15, -0.1) is 6.58 Å². The molecule has 0 saturated carbocycles. The van der Waals surface area contributed by atoms with E-state index in [4.69, 9.17) is 5.84 Å². The highest BCUT2D eigenvalue weighted by atomic mass is 15.2. The van der Waals surface area contributed by atoms with E-state index in [0.717, 1.165) is 12.8 Å². The lowest BCUT2D eigenvalue weighted by molar-refractivity contribution is 0.516. The number of allylic oxidation sites excluding steroid dienone is 1. The van der Waals surface area contributed by atoms with Crippen LogP contribution < -0.4 is 16.2 Å². The number of hydrogen-bond acceptors (Lipinski definition) is 3. The second-order valence-electron chi connectivity index (χ2n) is 4.70. The van der Waals surface area contributed by atoms with Crippen molar-refractivity contribution >= 4 is 5.69 Å². The van der Waals surface area contributed by atoms with Gasteiger partial charge in [0, 0.05) is 25.8 Å². The summed E-state index contributed by atoms with van der Waals surface area (Å²) in [6, 6.07) is 8.67. The zero-order valence-electron chi connectivity index (χ0n) is 11.0. The molecule has 0 fully saturated rings. The Bertz CT molecular complexity index is 354. The Morgan fingerprint density at radius 1 is 1.35 bits per heavy atom. The molecule has 3 N–H and O–H groups in total. The van der Waals surface area contributed by atoms with Crippen molar-refractivity contribution in [2.24, 2.45) is 5.84 Å². The van der Waals surface area contributed by atoms with E-state index in [0.29, 0.717) is 0 Å². The monoisotopic (exact) mass is 233 g/mol. The number of hydrazine groups is 1. The molecule has 1 atom stereocenters. The van der Waals surface area contributed by atoms with Crippen LogP contribution in [-0.4, -0.2) is 14.1 Å². The minimum absolute atomic E-state index is 0.197. The van der Waals surface area contributed by atoms with Crippen LogP contribution in [0.5, 0.6) is 0 Å². The molecule has 0 radical (unpaired) electrons. The standard InChI is InChI=1S/C14H23N3/c1-11(2)5-10-14(16-15)12-6-8-13(9-7-12)17(3)4/h6-9,14,16H,1,5,10,15H2,2-4H3. The summed E-state index contributed by atoms with van der Waals surface area (Å²) in [5.41, 5.74) is 6.48. The van der Waals surface area contributed by atoms with E-state index in [1.807, 2.05) is 21.0 Å². The van der Waals surface area contributed by atoms with Gasteiger partial charge in [-0.2, -0.15) is 0 Å². The van der Waals surface area contributed by atoms with E-state index < -0.39 is 0 Å². The zero-order valence-corrected chi connectivity index (χ0v) is 11.0. The van der Waals surface area contributed by atoms with E-state index in [9.17, 15) is 0 Å². The Hall–Kier alpha value is -1.32. The van der Waals surface area contributed by atoms with Gasteiger partial charge in [0.05, 0.1) is 0 Å². The van der Waals surface area contributed by atoms with Gasteiger partial charge >= 0.3 is 0 Å². The lowest BCUT2D eigenvalue weighted by Crippen LogP contribution is -2.28. The lowest BCUT2D eigenvalue weighted by Gasteiger charge is -2.18. The van der Waals surface area contributed by atoms with Gasteiger partial charge in [0.2, 0.25) is 0 Å². The third kappa shape index (κ3) is 4.21. The van der Waals surface area contributed by atoms with Crippen molar-refractivity contribution in [1.82, 2.24) is 5.43 Å². The highest BCUT2D eigenvalue weighted by molar-refractivity contribution is 5.46. The first-order valence-corrected chi connectivity index (χ1v) is 5.92. The molecule has 1 aromatic rings. The molecule has 1 aromatic carbocycles. The maximum atomic E-state index is 5.60. The molecule has 0 amide bonds. The average Bonchev–Trinajstić information content (AvgIpc) is 2.30. The lowest BCUT2D eigenvalue weighted by atomic mass is 10.0. The van der Waals surface area contributed by atoms with Crippen molar-refractivity contribution in [3.8, 4) is 0 Å². The first kappa shape index (κ1) is 13.7. The number of anilines is 1. The maximum absolute atomic E-state index is 5.60. The van der Waals surface area contributed by atoms with Gasteiger partial charge in [-0.05, 0) is 37.5 Å². The fourth-order valence-corrected chi connectivity index (χ4v) is 1.74. The summed E-state index contributed by atoms with van der Waals surface area (Å²) >= 11 is 0. The topological polar surface area (TPSA) is 41.3 Å². The van der Waals surface area contributed by atoms with Crippen molar-refractivity contribution in [3.05, 3.63) is 42.0 Å². The molecule has 0 spiro atoms. The van der Waals surface area contributed by atoms with Crippen LogP contribution in [0.2, 0.25) is 0 Å².